The van der Waals surface area contributed by atoms with Crippen molar-refractivity contribution in [1.82, 2.24) is 4.98 Å². The molecule has 2 aliphatic rings. The standard InChI is InChI=1S/C26H41NO3/c1-3-5-20-6-8-21(9-7-20)10-11-22-12-14-23(15-13-22)26(28)30-24-16-17-25(27-19-24)29-18-4-2/h16-17,19-23H,3-15,18H2,1-2H3. The molecule has 2 fully saturated rings. The van der Waals surface area contributed by atoms with E-state index in [9.17, 15) is 4.79 Å². The quantitative estimate of drug-likeness (QED) is 0.387. The molecular formula is C26H41NO3. The lowest BCUT2D eigenvalue weighted by Crippen LogP contribution is -2.26. The van der Waals surface area contributed by atoms with Crippen molar-refractivity contribution < 1.29 is 14.3 Å². The molecule has 4 nitrogen and oxygen atoms in total. The number of nitrogens with zero attached hydrogens (tertiary/aromatic N) is 1. The summed E-state index contributed by atoms with van der Waals surface area (Å²) in [5.41, 5.74) is 0. The van der Waals surface area contributed by atoms with E-state index < -0.39 is 0 Å². The molecule has 0 unspecified atom stereocenters. The zero-order chi connectivity index (χ0) is 21.2. The van der Waals surface area contributed by atoms with Crippen LogP contribution in [-0.2, 0) is 4.79 Å². The van der Waals surface area contributed by atoms with Crippen LogP contribution in [0.1, 0.15) is 97.3 Å². The molecule has 2 aliphatic carbocycles. The molecule has 1 aromatic heterocycles. The second-order valence-electron chi connectivity index (χ2n) is 9.57. The average Bonchev–Trinajstić information content (AvgIpc) is 2.79. The molecule has 4 heteroatoms. The maximum absolute atomic E-state index is 12.5. The van der Waals surface area contributed by atoms with Crippen LogP contribution >= 0.6 is 0 Å². The van der Waals surface area contributed by atoms with Crippen LogP contribution in [0.2, 0.25) is 0 Å². The molecule has 2 saturated carbocycles. The van der Waals surface area contributed by atoms with Crippen LogP contribution in [-0.4, -0.2) is 17.6 Å². The van der Waals surface area contributed by atoms with Gasteiger partial charge in [-0.3, -0.25) is 4.79 Å². The van der Waals surface area contributed by atoms with E-state index in [1.807, 2.05) is 0 Å². The SMILES string of the molecule is CCCOc1ccc(OC(=O)C2CCC(CCC3CCC(CCC)CC3)CC2)cn1. The van der Waals surface area contributed by atoms with Gasteiger partial charge in [-0.15, -0.1) is 0 Å². The van der Waals surface area contributed by atoms with Crippen molar-refractivity contribution in [3.63, 3.8) is 0 Å². The average molecular weight is 416 g/mol. The summed E-state index contributed by atoms with van der Waals surface area (Å²) in [5.74, 6) is 3.81. The fourth-order valence-corrected chi connectivity index (χ4v) is 5.29. The summed E-state index contributed by atoms with van der Waals surface area (Å²) < 4.78 is 11.1. The van der Waals surface area contributed by atoms with E-state index in [0.29, 0.717) is 18.2 Å². The first-order valence-corrected chi connectivity index (χ1v) is 12.5. The van der Waals surface area contributed by atoms with Gasteiger partial charge in [0.2, 0.25) is 5.88 Å². The van der Waals surface area contributed by atoms with Gasteiger partial charge in [-0.05, 0) is 55.9 Å². The van der Waals surface area contributed by atoms with Crippen LogP contribution in [0.4, 0.5) is 0 Å². The molecule has 0 aromatic carbocycles. The summed E-state index contributed by atoms with van der Waals surface area (Å²) in [6, 6.07) is 3.54. The molecule has 0 spiro atoms. The third-order valence-electron chi connectivity index (χ3n) is 7.21. The first-order valence-electron chi connectivity index (χ1n) is 12.5. The summed E-state index contributed by atoms with van der Waals surface area (Å²) in [4.78, 5) is 16.7. The topological polar surface area (TPSA) is 48.4 Å². The third-order valence-corrected chi connectivity index (χ3v) is 7.21. The van der Waals surface area contributed by atoms with Crippen molar-refractivity contribution in [1.29, 1.82) is 0 Å². The number of hydrogen-bond acceptors (Lipinski definition) is 4. The van der Waals surface area contributed by atoms with Gasteiger partial charge in [0.25, 0.3) is 0 Å². The fourth-order valence-electron chi connectivity index (χ4n) is 5.29. The summed E-state index contributed by atoms with van der Waals surface area (Å²) in [5, 5.41) is 0. The predicted octanol–water partition coefficient (Wildman–Crippen LogP) is 6.97. The number of carbonyl (C=O) groups excluding carboxylic acids is 1. The van der Waals surface area contributed by atoms with Crippen molar-refractivity contribution >= 4 is 5.97 Å². The zero-order valence-electron chi connectivity index (χ0n) is 19.1. The maximum atomic E-state index is 12.5. The molecule has 0 amide bonds. The Hall–Kier alpha value is -1.58. The van der Waals surface area contributed by atoms with E-state index in [4.69, 9.17) is 9.47 Å². The van der Waals surface area contributed by atoms with Gasteiger partial charge in [-0.25, -0.2) is 4.98 Å². The lowest BCUT2D eigenvalue weighted by Gasteiger charge is -2.31. The zero-order valence-corrected chi connectivity index (χ0v) is 19.1. The van der Waals surface area contributed by atoms with Gasteiger partial charge in [0.05, 0.1) is 18.7 Å². The molecule has 0 N–H and O–H groups in total. The highest BCUT2D eigenvalue weighted by atomic mass is 16.5. The number of pyridine rings is 1. The Bertz CT molecular complexity index is 614. The van der Waals surface area contributed by atoms with Crippen LogP contribution in [0.25, 0.3) is 0 Å². The number of carbonyl (C=O) groups is 1. The van der Waals surface area contributed by atoms with Gasteiger partial charge in [0.1, 0.15) is 5.75 Å². The Morgan fingerprint density at radius 3 is 2.00 bits per heavy atom. The highest BCUT2D eigenvalue weighted by molar-refractivity contribution is 5.75. The normalized spacial score (nSPS) is 26.9. The molecule has 0 radical (unpaired) electrons. The number of esters is 1. The largest absolute Gasteiger partial charge is 0.478 e. The van der Waals surface area contributed by atoms with E-state index in [0.717, 1.165) is 37.0 Å². The fraction of sp³-hybridized carbons (Fsp3) is 0.769. The van der Waals surface area contributed by atoms with E-state index >= 15 is 0 Å². The van der Waals surface area contributed by atoms with Crippen molar-refractivity contribution in [2.75, 3.05) is 6.61 Å². The van der Waals surface area contributed by atoms with Gasteiger partial charge >= 0.3 is 5.97 Å². The van der Waals surface area contributed by atoms with Crippen LogP contribution in [0.15, 0.2) is 18.3 Å². The van der Waals surface area contributed by atoms with Crippen LogP contribution in [0, 0.1) is 23.7 Å². The molecule has 30 heavy (non-hydrogen) atoms. The summed E-state index contributed by atoms with van der Waals surface area (Å²) in [6.07, 6.45) is 18.2. The van der Waals surface area contributed by atoms with E-state index in [-0.39, 0.29) is 11.9 Å². The maximum Gasteiger partial charge on any atom is 0.314 e. The highest BCUT2D eigenvalue weighted by Gasteiger charge is 2.29. The molecular weight excluding hydrogens is 374 g/mol. The Morgan fingerprint density at radius 1 is 0.867 bits per heavy atom. The van der Waals surface area contributed by atoms with Gasteiger partial charge in [-0.1, -0.05) is 65.2 Å². The van der Waals surface area contributed by atoms with Gasteiger partial charge in [0, 0.05) is 6.07 Å². The van der Waals surface area contributed by atoms with E-state index in [1.54, 1.807) is 18.3 Å². The van der Waals surface area contributed by atoms with Crippen LogP contribution in [0.5, 0.6) is 11.6 Å². The summed E-state index contributed by atoms with van der Waals surface area (Å²) in [6.45, 7) is 5.02. The van der Waals surface area contributed by atoms with Crippen LogP contribution in [0.3, 0.4) is 0 Å². The Labute approximate surface area is 183 Å². The monoisotopic (exact) mass is 415 g/mol. The van der Waals surface area contributed by atoms with E-state index in [1.165, 1.54) is 64.2 Å². The highest BCUT2D eigenvalue weighted by Crippen LogP contribution is 2.37. The molecule has 0 saturated heterocycles. The van der Waals surface area contributed by atoms with Crippen molar-refractivity contribution in [3.8, 4) is 11.6 Å². The Kier molecular flexibility index (Phi) is 9.48. The predicted molar refractivity (Wildman–Crippen MR) is 121 cm³/mol. The number of hydrogen-bond donors (Lipinski definition) is 0. The van der Waals surface area contributed by atoms with Gasteiger partial charge < -0.3 is 9.47 Å². The molecule has 0 aliphatic heterocycles. The second-order valence-corrected chi connectivity index (χ2v) is 9.57. The second kappa shape index (κ2) is 12.3. The molecule has 1 heterocycles. The van der Waals surface area contributed by atoms with Crippen LogP contribution < -0.4 is 9.47 Å². The first-order chi connectivity index (χ1) is 14.7. The van der Waals surface area contributed by atoms with Gasteiger partial charge in [0.15, 0.2) is 0 Å². The smallest absolute Gasteiger partial charge is 0.314 e. The minimum Gasteiger partial charge on any atom is -0.478 e. The molecule has 168 valence electrons. The molecule has 1 aromatic rings. The third kappa shape index (κ3) is 7.28. The van der Waals surface area contributed by atoms with E-state index in [2.05, 4.69) is 18.8 Å². The lowest BCUT2D eigenvalue weighted by molar-refractivity contribution is -0.140. The first kappa shape index (κ1) is 23.1. The number of ether oxygens (including phenoxy) is 2. The molecule has 3 rings (SSSR count). The van der Waals surface area contributed by atoms with Gasteiger partial charge in [-0.2, -0.15) is 0 Å². The molecule has 0 atom stereocenters. The van der Waals surface area contributed by atoms with Crippen molar-refractivity contribution in [2.45, 2.75) is 97.3 Å². The Morgan fingerprint density at radius 2 is 1.47 bits per heavy atom. The summed E-state index contributed by atoms with van der Waals surface area (Å²) in [7, 11) is 0. The minimum atomic E-state index is -0.0910. The lowest BCUT2D eigenvalue weighted by atomic mass is 9.75. The van der Waals surface area contributed by atoms with Crippen molar-refractivity contribution in [2.24, 2.45) is 23.7 Å². The Balaban J connectivity index is 1.32. The van der Waals surface area contributed by atoms with Crippen molar-refractivity contribution in [3.05, 3.63) is 18.3 Å². The molecule has 0 bridgehead atoms. The minimum absolute atomic E-state index is 0.0433. The number of aromatic nitrogens is 1. The number of rotatable bonds is 10. The summed E-state index contributed by atoms with van der Waals surface area (Å²) >= 11 is 0.